The summed E-state index contributed by atoms with van der Waals surface area (Å²) in [5, 5.41) is 12.2. The Hall–Kier alpha value is -1.69. The number of aryl methyl sites for hydroxylation is 1. The van der Waals surface area contributed by atoms with Crippen LogP contribution in [-0.2, 0) is 4.74 Å². The molecule has 98 valence electrons. The van der Waals surface area contributed by atoms with Crippen molar-refractivity contribution >= 4 is 11.9 Å². The largest absolute Gasteiger partial charge is 0.477 e. The number of carboxylic acid groups (broad SMARTS) is 1. The van der Waals surface area contributed by atoms with Gasteiger partial charge in [0.15, 0.2) is 5.69 Å². The number of ether oxygens (including phenoxy) is 1. The highest BCUT2D eigenvalue weighted by atomic mass is 16.5. The van der Waals surface area contributed by atoms with Gasteiger partial charge in [-0.1, -0.05) is 6.92 Å². The van der Waals surface area contributed by atoms with Crippen LogP contribution >= 0.6 is 0 Å². The molecule has 2 unspecified atom stereocenters. The van der Waals surface area contributed by atoms with E-state index >= 15 is 0 Å². The molecule has 6 heteroatoms. The van der Waals surface area contributed by atoms with Crippen molar-refractivity contribution in [3.05, 3.63) is 17.5 Å². The fourth-order valence-electron chi connectivity index (χ4n) is 2.00. The molecule has 6 nitrogen and oxygen atoms in total. The summed E-state index contributed by atoms with van der Waals surface area (Å²) < 4.78 is 5.36. The van der Waals surface area contributed by atoms with Crippen LogP contribution in [0.1, 0.15) is 29.5 Å². The van der Waals surface area contributed by atoms with Crippen molar-refractivity contribution in [1.82, 2.24) is 9.97 Å². The molecule has 1 aromatic rings. The number of aromatic carboxylic acids is 1. The van der Waals surface area contributed by atoms with Crippen LogP contribution in [-0.4, -0.2) is 40.3 Å². The number of rotatable bonds is 3. The van der Waals surface area contributed by atoms with E-state index in [1.807, 2.05) is 0 Å². The molecule has 0 aromatic carbocycles. The minimum atomic E-state index is -1.04. The number of nitrogens with one attached hydrogen (secondary N) is 1. The summed E-state index contributed by atoms with van der Waals surface area (Å²) in [5.74, 6) is -0.300. The maximum absolute atomic E-state index is 10.9. The zero-order valence-corrected chi connectivity index (χ0v) is 10.5. The molecule has 0 bridgehead atoms. The van der Waals surface area contributed by atoms with Gasteiger partial charge in [0.1, 0.15) is 0 Å². The van der Waals surface area contributed by atoms with Gasteiger partial charge in [-0.15, -0.1) is 0 Å². The summed E-state index contributed by atoms with van der Waals surface area (Å²) in [4.78, 5) is 19.1. The Balaban J connectivity index is 2.15. The number of carbonyl (C=O) groups is 1. The van der Waals surface area contributed by atoms with E-state index in [9.17, 15) is 4.79 Å². The van der Waals surface area contributed by atoms with Crippen molar-refractivity contribution in [2.45, 2.75) is 26.3 Å². The van der Waals surface area contributed by atoms with Crippen LogP contribution in [0.5, 0.6) is 0 Å². The normalized spacial score (nSPS) is 23.7. The number of carboxylic acids is 1. The summed E-state index contributed by atoms with van der Waals surface area (Å²) in [6.07, 6.45) is 0.876. The summed E-state index contributed by atoms with van der Waals surface area (Å²) in [6.45, 7) is 5.26. The molecule has 2 N–H and O–H groups in total. The molecule has 2 rings (SSSR count). The van der Waals surface area contributed by atoms with Crippen LogP contribution in [0.4, 0.5) is 5.95 Å². The smallest absolute Gasteiger partial charge is 0.354 e. The zero-order valence-electron chi connectivity index (χ0n) is 10.5. The number of anilines is 1. The lowest BCUT2D eigenvalue weighted by atomic mass is 9.98. The number of hydrogen-bond donors (Lipinski definition) is 2. The Morgan fingerprint density at radius 1 is 1.56 bits per heavy atom. The molecule has 0 aliphatic carbocycles. The molecular weight excluding hydrogens is 234 g/mol. The van der Waals surface area contributed by atoms with Gasteiger partial charge in [0.25, 0.3) is 0 Å². The standard InChI is InChI=1S/C12H17N3O3/c1-7-6-18-4-3-9(7)14-12-13-8(2)5-10(15-12)11(16)17/h5,7,9H,3-4,6H2,1-2H3,(H,16,17)(H,13,14,15). The lowest BCUT2D eigenvalue weighted by Crippen LogP contribution is -2.36. The van der Waals surface area contributed by atoms with E-state index < -0.39 is 5.97 Å². The van der Waals surface area contributed by atoms with E-state index in [-0.39, 0.29) is 11.7 Å². The summed E-state index contributed by atoms with van der Waals surface area (Å²) >= 11 is 0. The third-order valence-corrected chi connectivity index (χ3v) is 3.03. The zero-order chi connectivity index (χ0) is 13.1. The van der Waals surface area contributed by atoms with Crippen molar-refractivity contribution in [1.29, 1.82) is 0 Å². The van der Waals surface area contributed by atoms with Gasteiger partial charge in [-0.05, 0) is 25.3 Å². The Labute approximate surface area is 105 Å². The van der Waals surface area contributed by atoms with Gasteiger partial charge in [-0.3, -0.25) is 0 Å². The third kappa shape index (κ3) is 2.95. The second-order valence-corrected chi connectivity index (χ2v) is 4.62. The van der Waals surface area contributed by atoms with Crippen LogP contribution in [0.15, 0.2) is 6.07 Å². The van der Waals surface area contributed by atoms with Gasteiger partial charge in [-0.2, -0.15) is 0 Å². The van der Waals surface area contributed by atoms with E-state index in [2.05, 4.69) is 22.2 Å². The van der Waals surface area contributed by atoms with Gasteiger partial charge < -0.3 is 15.2 Å². The van der Waals surface area contributed by atoms with E-state index in [0.717, 1.165) is 6.42 Å². The van der Waals surface area contributed by atoms with Crippen LogP contribution < -0.4 is 5.32 Å². The summed E-state index contributed by atoms with van der Waals surface area (Å²) in [6, 6.07) is 1.68. The topological polar surface area (TPSA) is 84.3 Å². The SMILES string of the molecule is Cc1cc(C(=O)O)nc(NC2CCOCC2C)n1. The van der Waals surface area contributed by atoms with Crippen LogP contribution in [0.25, 0.3) is 0 Å². The third-order valence-electron chi connectivity index (χ3n) is 3.03. The van der Waals surface area contributed by atoms with Gasteiger partial charge in [0.05, 0.1) is 6.61 Å². The fourth-order valence-corrected chi connectivity index (χ4v) is 2.00. The number of hydrogen-bond acceptors (Lipinski definition) is 5. The maximum atomic E-state index is 10.9. The maximum Gasteiger partial charge on any atom is 0.354 e. The average Bonchev–Trinajstić information content (AvgIpc) is 2.31. The van der Waals surface area contributed by atoms with Crippen molar-refractivity contribution < 1.29 is 14.6 Å². The highest BCUT2D eigenvalue weighted by Gasteiger charge is 2.22. The molecule has 0 amide bonds. The first-order chi connectivity index (χ1) is 8.56. The van der Waals surface area contributed by atoms with E-state index in [1.54, 1.807) is 6.92 Å². The first-order valence-electron chi connectivity index (χ1n) is 5.99. The van der Waals surface area contributed by atoms with Gasteiger partial charge in [-0.25, -0.2) is 14.8 Å². The van der Waals surface area contributed by atoms with Crippen molar-refractivity contribution in [3.8, 4) is 0 Å². The predicted octanol–water partition coefficient (Wildman–Crippen LogP) is 1.32. The van der Waals surface area contributed by atoms with E-state index in [1.165, 1.54) is 6.07 Å². The van der Waals surface area contributed by atoms with E-state index in [4.69, 9.17) is 9.84 Å². The van der Waals surface area contributed by atoms with Gasteiger partial charge >= 0.3 is 5.97 Å². The van der Waals surface area contributed by atoms with Gasteiger partial charge in [0.2, 0.25) is 5.95 Å². The molecule has 1 fully saturated rings. The molecule has 1 aromatic heterocycles. The highest BCUT2D eigenvalue weighted by molar-refractivity contribution is 5.85. The summed E-state index contributed by atoms with van der Waals surface area (Å²) in [7, 11) is 0. The molecule has 18 heavy (non-hydrogen) atoms. The molecule has 1 aliphatic rings. The van der Waals surface area contributed by atoms with Crippen molar-refractivity contribution in [2.75, 3.05) is 18.5 Å². The first-order valence-corrected chi connectivity index (χ1v) is 5.99. The first kappa shape index (κ1) is 12.8. The minimum Gasteiger partial charge on any atom is -0.477 e. The van der Waals surface area contributed by atoms with Crippen molar-refractivity contribution in [2.24, 2.45) is 5.92 Å². The monoisotopic (exact) mass is 251 g/mol. The second kappa shape index (κ2) is 5.30. The Morgan fingerprint density at radius 3 is 3.00 bits per heavy atom. The average molecular weight is 251 g/mol. The number of nitrogens with zero attached hydrogens (tertiary/aromatic N) is 2. The molecule has 1 aliphatic heterocycles. The minimum absolute atomic E-state index is 0.0183. The Morgan fingerprint density at radius 2 is 2.33 bits per heavy atom. The molecule has 0 radical (unpaired) electrons. The Kier molecular flexibility index (Phi) is 3.76. The second-order valence-electron chi connectivity index (χ2n) is 4.62. The Bertz CT molecular complexity index is 450. The molecule has 0 spiro atoms. The quantitative estimate of drug-likeness (QED) is 0.842. The lowest BCUT2D eigenvalue weighted by Gasteiger charge is -2.29. The van der Waals surface area contributed by atoms with E-state index in [0.29, 0.717) is 30.8 Å². The molecule has 2 heterocycles. The lowest BCUT2D eigenvalue weighted by molar-refractivity contribution is 0.0535. The van der Waals surface area contributed by atoms with Gasteiger partial charge in [0, 0.05) is 18.3 Å². The predicted molar refractivity (Wildman–Crippen MR) is 65.7 cm³/mol. The molecular formula is C12H17N3O3. The molecule has 2 atom stereocenters. The van der Waals surface area contributed by atoms with Crippen LogP contribution in [0, 0.1) is 12.8 Å². The van der Waals surface area contributed by atoms with Crippen LogP contribution in [0.3, 0.4) is 0 Å². The number of aromatic nitrogens is 2. The van der Waals surface area contributed by atoms with Crippen LogP contribution in [0.2, 0.25) is 0 Å². The van der Waals surface area contributed by atoms with Crippen molar-refractivity contribution in [3.63, 3.8) is 0 Å². The fraction of sp³-hybridized carbons (Fsp3) is 0.583. The molecule has 0 saturated carbocycles. The molecule has 1 saturated heterocycles. The highest BCUT2D eigenvalue weighted by Crippen LogP contribution is 2.18. The summed E-state index contributed by atoms with van der Waals surface area (Å²) in [5.41, 5.74) is 0.661.